The second-order valence-electron chi connectivity index (χ2n) is 23.2. The molecule has 380 valence electrons. The van der Waals surface area contributed by atoms with Gasteiger partial charge in [0.05, 0.1) is 28.9 Å². The van der Waals surface area contributed by atoms with Crippen LogP contribution in [0.15, 0.2) is 97.1 Å². The van der Waals surface area contributed by atoms with E-state index in [1.807, 2.05) is 11.0 Å². The molecule has 6 aromatic rings. The first-order valence-electron chi connectivity index (χ1n) is 26.3. The van der Waals surface area contributed by atoms with Crippen LogP contribution >= 0.6 is 0 Å². The van der Waals surface area contributed by atoms with E-state index < -0.39 is 39.4 Å². The molecule has 0 bridgehead atoms. The molecule has 3 aliphatic heterocycles. The number of hydrogen-bond acceptors (Lipinski definition) is 7. The van der Waals surface area contributed by atoms with Crippen LogP contribution in [0.2, 0.25) is 21.7 Å². The molecule has 1 aromatic heterocycles. The van der Waals surface area contributed by atoms with E-state index >= 15 is 13.2 Å². The number of nitrogens with zero attached hydrogens (tertiary/aromatic N) is 4. The predicted octanol–water partition coefficient (Wildman–Crippen LogP) is 12.7. The smallest absolute Gasteiger partial charge is 0.319 e. The Morgan fingerprint density at radius 2 is 1.44 bits per heavy atom. The zero-order chi connectivity index (χ0) is 51.4. The maximum absolute atomic E-state index is 17.9. The molecule has 3 fully saturated rings. The molecule has 72 heavy (non-hydrogen) atoms. The van der Waals surface area contributed by atoms with E-state index in [2.05, 4.69) is 139 Å². The van der Waals surface area contributed by atoms with Gasteiger partial charge in [-0.05, 0) is 107 Å². The number of ether oxygens (including phenoxy) is 1. The van der Waals surface area contributed by atoms with Gasteiger partial charge in [0.25, 0.3) is 8.32 Å². The van der Waals surface area contributed by atoms with E-state index in [1.54, 1.807) is 25.1 Å². The van der Waals surface area contributed by atoms with Crippen LogP contribution in [0.3, 0.4) is 0 Å². The molecule has 0 unspecified atom stereocenters. The Bertz CT molecular complexity index is 2950. The lowest BCUT2D eigenvalue weighted by molar-refractivity contribution is 0.0446. The molecule has 7 nitrogen and oxygen atoms in total. The molecular formula is C60H73F3N4O3Si2. The van der Waals surface area contributed by atoms with Gasteiger partial charge in [0.2, 0.25) is 0 Å². The van der Waals surface area contributed by atoms with Gasteiger partial charge < -0.3 is 19.2 Å². The monoisotopic (exact) mass is 1010 g/mol. The van der Waals surface area contributed by atoms with Crippen LogP contribution in [0.4, 0.5) is 19.0 Å². The van der Waals surface area contributed by atoms with Crippen molar-refractivity contribution >= 4 is 54.3 Å². The van der Waals surface area contributed by atoms with E-state index in [4.69, 9.17) is 19.1 Å². The lowest BCUT2D eigenvalue weighted by Gasteiger charge is -2.44. The Balaban J connectivity index is 1.10. The van der Waals surface area contributed by atoms with Gasteiger partial charge in [0, 0.05) is 29.9 Å². The van der Waals surface area contributed by atoms with Crippen LogP contribution in [-0.4, -0.2) is 86.4 Å². The van der Waals surface area contributed by atoms with E-state index in [9.17, 15) is 5.11 Å². The average molecular weight is 1010 g/mol. The largest absolute Gasteiger partial charge is 0.461 e. The lowest BCUT2D eigenvalue weighted by atomic mass is 9.92. The van der Waals surface area contributed by atoms with Crippen molar-refractivity contribution in [2.24, 2.45) is 0 Å². The van der Waals surface area contributed by atoms with Crippen molar-refractivity contribution in [1.82, 2.24) is 14.9 Å². The van der Waals surface area contributed by atoms with Crippen LogP contribution in [0, 0.1) is 28.9 Å². The number of piperidine rings is 1. The standard InChI is InChI=1S/C60H73F3N4O3Si2/c1-40(2)71(41(3)4,42(5)6)35-29-47-50(61)27-26-43-20-17-25-48(52(43)47)53-51(62)36-49-55(54(53)63)64-57(65-56(49)66-33-18-30-59(10,68)38-66)69-39-60-31-19-34-67(60)44(28-32-60)37-70-72(58(7,8)9,45-21-13-11-14-22-45)46-23-15-12-16-24-46/h11-17,20-27,36,40-42,44,68H,18-19,28,30-34,37-39H2,1-10H3/t44-,59+,60-/m0/s1. The summed E-state index contributed by atoms with van der Waals surface area (Å²) < 4.78 is 65.5. The molecule has 0 saturated carbocycles. The van der Waals surface area contributed by atoms with Gasteiger partial charge in [0.1, 0.15) is 37.6 Å². The first-order valence-corrected chi connectivity index (χ1v) is 30.4. The number of hydrogen-bond donors (Lipinski definition) is 1. The second-order valence-corrected chi connectivity index (χ2v) is 33.1. The zero-order valence-electron chi connectivity index (χ0n) is 44.0. The number of aromatic nitrogens is 2. The van der Waals surface area contributed by atoms with E-state index in [0.717, 1.165) is 32.2 Å². The van der Waals surface area contributed by atoms with Crippen LogP contribution in [-0.2, 0) is 4.43 Å². The maximum atomic E-state index is 17.9. The number of fused-ring (bicyclic) bond motifs is 3. The summed E-state index contributed by atoms with van der Waals surface area (Å²) in [5.41, 5.74) is 3.10. The van der Waals surface area contributed by atoms with Crippen molar-refractivity contribution in [3.63, 3.8) is 0 Å². The molecule has 0 amide bonds. The van der Waals surface area contributed by atoms with Gasteiger partial charge in [-0.3, -0.25) is 4.90 Å². The minimum Gasteiger partial charge on any atom is -0.461 e. The summed E-state index contributed by atoms with van der Waals surface area (Å²) in [7, 11) is -5.11. The number of aliphatic hydroxyl groups is 1. The molecular weight excluding hydrogens is 938 g/mol. The molecule has 3 saturated heterocycles. The van der Waals surface area contributed by atoms with Crippen LogP contribution < -0.4 is 20.0 Å². The summed E-state index contributed by atoms with van der Waals surface area (Å²) in [4.78, 5) is 14.2. The fourth-order valence-electron chi connectivity index (χ4n) is 13.4. The van der Waals surface area contributed by atoms with Crippen LogP contribution in [0.25, 0.3) is 32.8 Å². The molecule has 0 spiro atoms. The topological polar surface area (TPSA) is 71.0 Å². The third-order valence-corrected chi connectivity index (χ3v) is 28.1. The first kappa shape index (κ1) is 51.8. The van der Waals surface area contributed by atoms with Gasteiger partial charge in [0.15, 0.2) is 5.82 Å². The second kappa shape index (κ2) is 20.0. The fourth-order valence-corrected chi connectivity index (χ4v) is 23.2. The van der Waals surface area contributed by atoms with Crippen molar-refractivity contribution in [2.75, 3.05) is 37.7 Å². The lowest BCUT2D eigenvalue weighted by Crippen LogP contribution is -2.67. The Morgan fingerprint density at radius 1 is 0.792 bits per heavy atom. The van der Waals surface area contributed by atoms with Crippen molar-refractivity contribution in [2.45, 2.75) is 147 Å². The van der Waals surface area contributed by atoms with E-state index in [-0.39, 0.29) is 63.4 Å². The van der Waals surface area contributed by atoms with E-state index in [1.165, 1.54) is 22.5 Å². The summed E-state index contributed by atoms with van der Waals surface area (Å²) in [6.07, 6.45) is 4.97. The van der Waals surface area contributed by atoms with Gasteiger partial charge in [-0.1, -0.05) is 153 Å². The summed E-state index contributed by atoms with van der Waals surface area (Å²) in [6, 6.07) is 31.2. The maximum Gasteiger partial charge on any atom is 0.319 e. The third kappa shape index (κ3) is 9.20. The molecule has 12 heteroatoms. The number of β-amino-alcohol motifs (C(OH)–C–C–N with tert-alkyl or cyclic N) is 1. The van der Waals surface area contributed by atoms with Crippen molar-refractivity contribution in [3.8, 4) is 28.6 Å². The minimum absolute atomic E-state index is 0.0136. The highest BCUT2D eigenvalue weighted by atomic mass is 28.4. The fraction of sp³-hybridized carbons (Fsp3) is 0.467. The van der Waals surface area contributed by atoms with Crippen molar-refractivity contribution < 1.29 is 27.4 Å². The zero-order valence-corrected chi connectivity index (χ0v) is 46.0. The summed E-state index contributed by atoms with van der Waals surface area (Å²) in [5, 5.41) is 14.8. The van der Waals surface area contributed by atoms with Crippen molar-refractivity contribution in [1.29, 1.82) is 0 Å². The first-order chi connectivity index (χ1) is 34.2. The van der Waals surface area contributed by atoms with Crippen LogP contribution in [0.5, 0.6) is 6.01 Å². The highest BCUT2D eigenvalue weighted by Crippen LogP contribution is 2.46. The summed E-state index contributed by atoms with van der Waals surface area (Å²) in [6.45, 7) is 24.4. The Kier molecular flexibility index (Phi) is 14.4. The van der Waals surface area contributed by atoms with Gasteiger partial charge >= 0.3 is 6.01 Å². The molecule has 9 rings (SSSR count). The molecule has 3 atom stereocenters. The minimum atomic E-state index is -2.79. The normalized spacial score (nSPS) is 21.0. The average Bonchev–Trinajstić information content (AvgIpc) is 3.91. The number of benzene rings is 5. The van der Waals surface area contributed by atoms with Crippen LogP contribution in [0.1, 0.15) is 113 Å². The number of halogens is 3. The molecule has 1 N–H and O–H groups in total. The predicted molar refractivity (Wildman–Crippen MR) is 293 cm³/mol. The van der Waals surface area contributed by atoms with Crippen molar-refractivity contribution in [3.05, 3.63) is 120 Å². The Labute approximate surface area is 427 Å². The number of rotatable bonds is 13. The highest BCUT2D eigenvalue weighted by Gasteiger charge is 2.54. The van der Waals surface area contributed by atoms with E-state index in [0.29, 0.717) is 59.2 Å². The number of anilines is 1. The SMILES string of the molecule is CC(C)[Si](C#Cc1c(F)ccc2cccc(-c3c(F)cc4c(N5CCC[C@@](C)(O)C5)nc(OC[C@@]56CCCN5[C@H](CO[Si](c5ccccc5)(c5ccccc5)C(C)(C)C)CC6)nc4c3F)c12)(C(C)C)C(C)C. The molecule has 4 heterocycles. The molecule has 3 aliphatic rings. The van der Waals surface area contributed by atoms with Gasteiger partial charge in [-0.25, -0.2) is 13.2 Å². The molecule has 0 aliphatic carbocycles. The van der Waals surface area contributed by atoms with Gasteiger partial charge in [-0.15, -0.1) is 5.54 Å². The third-order valence-electron chi connectivity index (χ3n) is 16.8. The quantitative estimate of drug-likeness (QED) is 0.0913. The molecule has 0 radical (unpaired) electrons. The summed E-state index contributed by atoms with van der Waals surface area (Å²) in [5.74, 6) is 1.35. The summed E-state index contributed by atoms with van der Waals surface area (Å²) >= 11 is 0. The highest BCUT2D eigenvalue weighted by molar-refractivity contribution is 6.99. The Morgan fingerprint density at radius 3 is 2.07 bits per heavy atom. The Hall–Kier alpha value is -5.04. The molecule has 5 aromatic carbocycles. The van der Waals surface area contributed by atoms with Gasteiger partial charge in [-0.2, -0.15) is 9.97 Å².